The Balaban J connectivity index is 2.02. The Morgan fingerprint density at radius 3 is 2.44 bits per heavy atom. The minimum Gasteiger partial charge on any atom is -0.302 e. The molecule has 0 fully saturated rings. The van der Waals surface area contributed by atoms with Crippen LogP contribution in [0.15, 0.2) is 41.5 Å². The van der Waals surface area contributed by atoms with Crippen LogP contribution in [-0.2, 0) is 13.6 Å². The number of aromatic nitrogens is 2. The van der Waals surface area contributed by atoms with Crippen molar-refractivity contribution in [3.63, 3.8) is 0 Å². The van der Waals surface area contributed by atoms with Gasteiger partial charge in [0.2, 0.25) is 0 Å². The predicted octanol–water partition coefficient (Wildman–Crippen LogP) is 1.60. The minimum atomic E-state index is -0.370. The first-order chi connectivity index (χ1) is 8.58. The van der Waals surface area contributed by atoms with E-state index in [4.69, 9.17) is 0 Å². The molecule has 0 bridgehead atoms. The van der Waals surface area contributed by atoms with Gasteiger partial charge >= 0.3 is 5.69 Å². The van der Waals surface area contributed by atoms with Crippen LogP contribution in [0.3, 0.4) is 0 Å². The van der Waals surface area contributed by atoms with E-state index in [1.165, 1.54) is 33.4 Å². The van der Waals surface area contributed by atoms with Crippen LogP contribution in [0.1, 0.15) is 16.8 Å². The van der Waals surface area contributed by atoms with E-state index in [0.29, 0.717) is 12.1 Å². The lowest BCUT2D eigenvalue weighted by Crippen LogP contribution is -2.22. The fourth-order valence-electron chi connectivity index (χ4n) is 1.68. The van der Waals surface area contributed by atoms with Crippen LogP contribution in [-0.4, -0.2) is 14.9 Å². The molecule has 0 saturated carbocycles. The van der Waals surface area contributed by atoms with Gasteiger partial charge in [0.25, 0.3) is 0 Å². The van der Waals surface area contributed by atoms with Gasteiger partial charge in [0.15, 0.2) is 5.78 Å². The van der Waals surface area contributed by atoms with Crippen LogP contribution in [0.25, 0.3) is 0 Å². The summed E-state index contributed by atoms with van der Waals surface area (Å²) in [6.45, 7) is 0.329. The van der Waals surface area contributed by atoms with E-state index in [1.54, 1.807) is 19.4 Å². The number of benzene rings is 1. The number of halogens is 1. The van der Waals surface area contributed by atoms with E-state index in [9.17, 15) is 14.0 Å². The molecule has 0 aliphatic heterocycles. The zero-order valence-electron chi connectivity index (χ0n) is 9.97. The number of ketones is 1. The monoisotopic (exact) mass is 248 g/mol. The van der Waals surface area contributed by atoms with Crippen LogP contribution >= 0.6 is 0 Å². The van der Waals surface area contributed by atoms with Crippen LogP contribution in [0, 0.1) is 5.82 Å². The van der Waals surface area contributed by atoms with Crippen molar-refractivity contribution in [2.45, 2.75) is 13.0 Å². The molecule has 2 rings (SSSR count). The maximum Gasteiger partial charge on any atom is 0.327 e. The molecule has 1 aromatic heterocycles. The van der Waals surface area contributed by atoms with Crippen LogP contribution < -0.4 is 5.69 Å². The maximum atomic E-state index is 12.7. The lowest BCUT2D eigenvalue weighted by Gasteiger charge is -2.02. The molecule has 0 aliphatic carbocycles. The summed E-state index contributed by atoms with van der Waals surface area (Å²) in [5.74, 6) is -0.475. The van der Waals surface area contributed by atoms with Gasteiger partial charge < -0.3 is 4.57 Å². The first-order valence-electron chi connectivity index (χ1n) is 5.58. The molecule has 2 aromatic rings. The molecular formula is C13H13FN2O2. The third-order valence-corrected chi connectivity index (χ3v) is 2.76. The highest BCUT2D eigenvalue weighted by molar-refractivity contribution is 5.95. The number of rotatable bonds is 4. The third-order valence-electron chi connectivity index (χ3n) is 2.76. The summed E-state index contributed by atoms with van der Waals surface area (Å²) in [6, 6.07) is 5.40. The Hall–Kier alpha value is -2.17. The SMILES string of the molecule is Cn1ccn(CCC(=O)c2ccc(F)cc2)c1=O. The van der Waals surface area contributed by atoms with Crippen LogP contribution in [0.4, 0.5) is 4.39 Å². The molecule has 4 nitrogen and oxygen atoms in total. The van der Waals surface area contributed by atoms with E-state index in [-0.39, 0.29) is 23.7 Å². The quantitative estimate of drug-likeness (QED) is 0.771. The zero-order valence-corrected chi connectivity index (χ0v) is 9.97. The number of Topliss-reactive ketones (excluding diaryl/α,β-unsaturated/α-hetero) is 1. The second-order valence-electron chi connectivity index (χ2n) is 4.07. The lowest BCUT2D eigenvalue weighted by atomic mass is 10.1. The van der Waals surface area contributed by atoms with Gasteiger partial charge in [-0.15, -0.1) is 0 Å². The Morgan fingerprint density at radius 1 is 1.22 bits per heavy atom. The summed E-state index contributed by atoms with van der Waals surface area (Å²) >= 11 is 0. The highest BCUT2D eigenvalue weighted by Crippen LogP contribution is 2.06. The second-order valence-corrected chi connectivity index (χ2v) is 4.07. The molecule has 94 valence electrons. The van der Waals surface area contributed by atoms with Gasteiger partial charge in [0.1, 0.15) is 5.82 Å². The Labute approximate surface area is 103 Å². The molecule has 0 saturated heterocycles. The number of hydrogen-bond donors (Lipinski definition) is 0. The summed E-state index contributed by atoms with van der Waals surface area (Å²) in [4.78, 5) is 23.3. The normalized spacial score (nSPS) is 10.6. The van der Waals surface area contributed by atoms with Crippen LogP contribution in [0.5, 0.6) is 0 Å². The van der Waals surface area contributed by atoms with E-state index >= 15 is 0 Å². The number of nitrogens with zero attached hydrogens (tertiary/aromatic N) is 2. The van der Waals surface area contributed by atoms with Crippen molar-refractivity contribution in [3.05, 3.63) is 58.5 Å². The first kappa shape index (κ1) is 12.3. The van der Waals surface area contributed by atoms with Crippen molar-refractivity contribution in [1.29, 1.82) is 0 Å². The van der Waals surface area contributed by atoms with Gasteiger partial charge in [-0.2, -0.15) is 0 Å². The standard InChI is InChI=1S/C13H13FN2O2/c1-15-8-9-16(13(15)18)7-6-12(17)10-2-4-11(14)5-3-10/h2-5,8-9H,6-7H2,1H3. The molecule has 0 aliphatic rings. The molecule has 1 aromatic carbocycles. The van der Waals surface area contributed by atoms with Gasteiger partial charge in [-0.05, 0) is 24.3 Å². The summed E-state index contributed by atoms with van der Waals surface area (Å²) in [7, 11) is 1.65. The Bertz CT molecular complexity index is 611. The topological polar surface area (TPSA) is 44.0 Å². The molecule has 5 heteroatoms. The van der Waals surface area contributed by atoms with Gasteiger partial charge in [-0.25, -0.2) is 9.18 Å². The number of imidazole rings is 1. The first-order valence-corrected chi connectivity index (χ1v) is 5.58. The summed E-state index contributed by atoms with van der Waals surface area (Å²) in [5.41, 5.74) is 0.308. The van der Waals surface area contributed by atoms with E-state index in [1.807, 2.05) is 0 Å². The highest BCUT2D eigenvalue weighted by atomic mass is 19.1. The number of carbonyl (C=O) groups excluding carboxylic acids is 1. The molecule has 0 N–H and O–H groups in total. The fraction of sp³-hybridized carbons (Fsp3) is 0.231. The maximum absolute atomic E-state index is 12.7. The molecule has 0 amide bonds. The van der Waals surface area contributed by atoms with Crippen molar-refractivity contribution in [1.82, 2.24) is 9.13 Å². The lowest BCUT2D eigenvalue weighted by molar-refractivity contribution is 0.0976. The number of carbonyl (C=O) groups is 1. The van der Waals surface area contributed by atoms with E-state index < -0.39 is 0 Å². The molecular weight excluding hydrogens is 235 g/mol. The summed E-state index contributed by atoms with van der Waals surface area (Å²) in [6.07, 6.45) is 3.50. The Morgan fingerprint density at radius 2 is 1.89 bits per heavy atom. The largest absolute Gasteiger partial charge is 0.327 e. The van der Waals surface area contributed by atoms with Crippen molar-refractivity contribution >= 4 is 5.78 Å². The van der Waals surface area contributed by atoms with E-state index in [0.717, 1.165) is 0 Å². The minimum absolute atomic E-state index is 0.106. The Kier molecular flexibility index (Phi) is 3.41. The molecule has 0 radical (unpaired) electrons. The average molecular weight is 248 g/mol. The summed E-state index contributed by atoms with van der Waals surface area (Å²) < 4.78 is 15.6. The average Bonchev–Trinajstić information content (AvgIpc) is 2.68. The summed E-state index contributed by atoms with van der Waals surface area (Å²) in [5, 5.41) is 0. The van der Waals surface area contributed by atoms with Gasteiger partial charge in [-0.1, -0.05) is 0 Å². The zero-order chi connectivity index (χ0) is 13.1. The van der Waals surface area contributed by atoms with E-state index in [2.05, 4.69) is 0 Å². The van der Waals surface area contributed by atoms with Crippen molar-refractivity contribution in [3.8, 4) is 0 Å². The van der Waals surface area contributed by atoms with Crippen molar-refractivity contribution in [2.75, 3.05) is 0 Å². The molecule has 0 spiro atoms. The van der Waals surface area contributed by atoms with Gasteiger partial charge in [-0.3, -0.25) is 9.36 Å². The van der Waals surface area contributed by atoms with Crippen LogP contribution in [0.2, 0.25) is 0 Å². The number of aryl methyl sites for hydroxylation is 2. The molecule has 0 atom stereocenters. The molecule has 0 unspecified atom stereocenters. The van der Waals surface area contributed by atoms with Gasteiger partial charge in [0, 0.05) is 38.0 Å². The molecule has 18 heavy (non-hydrogen) atoms. The smallest absolute Gasteiger partial charge is 0.302 e. The van der Waals surface area contributed by atoms with Crippen molar-refractivity contribution < 1.29 is 9.18 Å². The predicted molar refractivity (Wildman–Crippen MR) is 65.0 cm³/mol. The second kappa shape index (κ2) is 5.00. The fourth-order valence-corrected chi connectivity index (χ4v) is 1.68. The number of hydrogen-bond acceptors (Lipinski definition) is 2. The van der Waals surface area contributed by atoms with Crippen molar-refractivity contribution in [2.24, 2.45) is 7.05 Å². The third kappa shape index (κ3) is 2.56. The van der Waals surface area contributed by atoms with Gasteiger partial charge in [0.05, 0.1) is 0 Å². The highest BCUT2D eigenvalue weighted by Gasteiger charge is 2.07. The molecule has 1 heterocycles.